The van der Waals surface area contributed by atoms with Crippen molar-refractivity contribution in [2.75, 3.05) is 0 Å². The largest absolute Gasteiger partial charge is 0.295 e. The molecule has 0 saturated heterocycles. The number of carbonyl (C=O) groups excluding carboxylic acids is 2. The molecule has 0 amide bonds. The number of hydrogen-bond donors (Lipinski definition) is 0. The minimum Gasteiger partial charge on any atom is -0.295 e. The monoisotopic (exact) mass is 468 g/mol. The molecule has 0 aliphatic heterocycles. The number of benzene rings is 1. The first-order valence-corrected chi connectivity index (χ1v) is 12.6. The van der Waals surface area contributed by atoms with Crippen LogP contribution in [0, 0.1) is 34.5 Å². The van der Waals surface area contributed by atoms with Gasteiger partial charge in [0, 0.05) is 16.4 Å². The second-order valence-electron chi connectivity index (χ2n) is 10.7. The van der Waals surface area contributed by atoms with Gasteiger partial charge < -0.3 is 0 Å². The van der Waals surface area contributed by atoms with Crippen LogP contribution in [0.4, 0.5) is 0 Å². The van der Waals surface area contributed by atoms with E-state index in [-0.39, 0.29) is 28.3 Å². The Morgan fingerprint density at radius 2 is 1.78 bits per heavy atom. The molecule has 0 heterocycles. The Kier molecular flexibility index (Phi) is 5.54. The summed E-state index contributed by atoms with van der Waals surface area (Å²) in [6, 6.07) is 7.59. The van der Waals surface area contributed by atoms with Crippen LogP contribution in [0.25, 0.3) is 6.08 Å². The third-order valence-corrected chi connectivity index (χ3v) is 9.97. The molecule has 0 aromatic heterocycles. The molecule has 168 valence electrons. The molecule has 5 rings (SSSR count). The molecule has 6 atom stereocenters. The van der Waals surface area contributed by atoms with Gasteiger partial charge in [0.25, 0.3) is 0 Å². The van der Waals surface area contributed by atoms with Crippen molar-refractivity contribution in [3.63, 3.8) is 0 Å². The van der Waals surface area contributed by atoms with Gasteiger partial charge in [0.1, 0.15) is 0 Å². The molecule has 0 N–H and O–H groups in total. The van der Waals surface area contributed by atoms with Gasteiger partial charge in [0.15, 0.2) is 11.6 Å². The normalized spacial score (nSPS) is 38.6. The van der Waals surface area contributed by atoms with Crippen molar-refractivity contribution in [2.24, 2.45) is 34.5 Å². The Balaban J connectivity index is 1.37. The summed E-state index contributed by atoms with van der Waals surface area (Å²) < 4.78 is 0. The molecule has 3 saturated carbocycles. The van der Waals surface area contributed by atoms with Crippen LogP contribution in [0.15, 0.2) is 53.1 Å². The zero-order valence-electron chi connectivity index (χ0n) is 18.7. The van der Waals surface area contributed by atoms with E-state index in [1.807, 2.05) is 30.3 Å². The second kappa shape index (κ2) is 7.99. The number of ketones is 2. The lowest BCUT2D eigenvalue weighted by molar-refractivity contribution is -0.124. The van der Waals surface area contributed by atoms with Crippen LogP contribution in [-0.2, 0) is 9.59 Å². The van der Waals surface area contributed by atoms with Crippen LogP contribution in [0.1, 0.15) is 57.9 Å². The minimum atomic E-state index is -0.119. The van der Waals surface area contributed by atoms with Gasteiger partial charge in [-0.25, -0.2) is 0 Å². The van der Waals surface area contributed by atoms with Crippen molar-refractivity contribution in [2.45, 2.75) is 52.4 Å². The summed E-state index contributed by atoms with van der Waals surface area (Å²) in [6.45, 7) is 4.64. The van der Waals surface area contributed by atoms with Crippen LogP contribution in [-0.4, -0.2) is 11.6 Å². The predicted octanol–water partition coefficient (Wildman–Crippen LogP) is 7.41. The van der Waals surface area contributed by atoms with Crippen LogP contribution in [0.5, 0.6) is 0 Å². The van der Waals surface area contributed by atoms with Crippen LogP contribution < -0.4 is 0 Å². The Morgan fingerprint density at radius 1 is 1.03 bits per heavy atom. The Bertz CT molecular complexity index is 1050. The maximum atomic E-state index is 13.3. The van der Waals surface area contributed by atoms with Crippen molar-refractivity contribution < 1.29 is 9.59 Å². The van der Waals surface area contributed by atoms with Crippen molar-refractivity contribution in [1.82, 2.24) is 0 Å². The fraction of sp³-hybridized carbons (Fsp3) is 0.500. The van der Waals surface area contributed by atoms with Crippen LogP contribution >= 0.6 is 23.2 Å². The van der Waals surface area contributed by atoms with Gasteiger partial charge in [-0.1, -0.05) is 61.3 Å². The first-order valence-electron chi connectivity index (χ1n) is 11.8. The molecule has 1 aromatic carbocycles. The zero-order valence-corrected chi connectivity index (χ0v) is 20.3. The van der Waals surface area contributed by atoms with E-state index in [0.29, 0.717) is 27.8 Å². The van der Waals surface area contributed by atoms with Gasteiger partial charge in [0.05, 0.1) is 5.03 Å². The van der Waals surface area contributed by atoms with E-state index < -0.39 is 0 Å². The van der Waals surface area contributed by atoms with Crippen molar-refractivity contribution in [1.29, 1.82) is 0 Å². The molecule has 4 heteroatoms. The fourth-order valence-corrected chi connectivity index (χ4v) is 8.10. The molecule has 0 radical (unpaired) electrons. The molecule has 32 heavy (non-hydrogen) atoms. The highest BCUT2D eigenvalue weighted by atomic mass is 35.5. The van der Waals surface area contributed by atoms with Crippen LogP contribution in [0.3, 0.4) is 0 Å². The van der Waals surface area contributed by atoms with Crippen molar-refractivity contribution >= 4 is 40.8 Å². The van der Waals surface area contributed by atoms with Gasteiger partial charge in [-0.2, -0.15) is 0 Å². The summed E-state index contributed by atoms with van der Waals surface area (Å²) in [5.41, 5.74) is 2.08. The summed E-state index contributed by atoms with van der Waals surface area (Å²) in [4.78, 5) is 25.4. The summed E-state index contributed by atoms with van der Waals surface area (Å²) in [7, 11) is 0. The standard InChI is InChI=1S/C28H30Cl2O2/c1-27-15-13-21-19(8-9-23-26(30)25(32)14-16-28(21,23)2)20(27)10-11-22(27)24(31)12-5-17-3-6-18(29)7-4-17/h3-7,12,14,16,19-22H,8-11,13,15H2,1-2H3/b12-5+/t19-,20-,21-,22+,27-,28+/m0/s1. The minimum absolute atomic E-state index is 0.0442. The number of halogens is 2. The first kappa shape index (κ1) is 22.2. The molecule has 4 aliphatic rings. The van der Waals surface area contributed by atoms with Crippen molar-refractivity contribution in [3.8, 4) is 0 Å². The summed E-state index contributed by atoms with van der Waals surface area (Å²) in [5, 5.41) is 1.16. The van der Waals surface area contributed by atoms with E-state index in [1.54, 1.807) is 12.2 Å². The quantitative estimate of drug-likeness (QED) is 0.432. The second-order valence-corrected chi connectivity index (χ2v) is 11.5. The van der Waals surface area contributed by atoms with Gasteiger partial charge in [-0.3, -0.25) is 9.59 Å². The number of fused-ring (bicyclic) bond motifs is 5. The lowest BCUT2D eigenvalue weighted by Crippen LogP contribution is -2.50. The third kappa shape index (κ3) is 3.37. The molecule has 4 aliphatic carbocycles. The van der Waals surface area contributed by atoms with E-state index in [4.69, 9.17) is 23.2 Å². The van der Waals surface area contributed by atoms with E-state index in [9.17, 15) is 9.59 Å². The van der Waals surface area contributed by atoms with Gasteiger partial charge in [-0.15, -0.1) is 0 Å². The number of hydrogen-bond acceptors (Lipinski definition) is 2. The highest BCUT2D eigenvalue weighted by molar-refractivity contribution is 6.45. The third-order valence-electron chi connectivity index (χ3n) is 9.30. The number of carbonyl (C=O) groups is 2. The molecule has 3 fully saturated rings. The Labute approximate surface area is 200 Å². The first-order chi connectivity index (χ1) is 15.2. The molecule has 1 aromatic rings. The summed E-state index contributed by atoms with van der Waals surface area (Å²) in [5.74, 6) is 1.95. The molecular weight excluding hydrogens is 439 g/mol. The zero-order chi connectivity index (χ0) is 22.7. The van der Waals surface area contributed by atoms with Crippen molar-refractivity contribution in [3.05, 3.63) is 63.7 Å². The number of rotatable bonds is 3. The van der Waals surface area contributed by atoms with Gasteiger partial charge in [0.2, 0.25) is 0 Å². The Hall–Kier alpha value is -1.64. The average Bonchev–Trinajstić information content (AvgIpc) is 3.13. The molecule has 2 nitrogen and oxygen atoms in total. The molecule has 0 unspecified atom stereocenters. The highest BCUT2D eigenvalue weighted by Crippen LogP contribution is 2.66. The molecule has 0 spiro atoms. The summed E-state index contributed by atoms with van der Waals surface area (Å²) >= 11 is 12.5. The highest BCUT2D eigenvalue weighted by Gasteiger charge is 2.59. The van der Waals surface area contributed by atoms with Gasteiger partial charge in [-0.05, 0) is 97.1 Å². The molecular formula is C28H30Cl2O2. The number of allylic oxidation sites excluding steroid dienone is 5. The Morgan fingerprint density at radius 3 is 2.53 bits per heavy atom. The van der Waals surface area contributed by atoms with E-state index in [1.165, 1.54) is 0 Å². The van der Waals surface area contributed by atoms with Gasteiger partial charge >= 0.3 is 0 Å². The molecule has 0 bridgehead atoms. The lowest BCUT2D eigenvalue weighted by Gasteiger charge is -2.57. The van der Waals surface area contributed by atoms with Crippen LogP contribution in [0.2, 0.25) is 5.02 Å². The lowest BCUT2D eigenvalue weighted by atomic mass is 9.47. The topological polar surface area (TPSA) is 34.1 Å². The summed E-state index contributed by atoms with van der Waals surface area (Å²) in [6.07, 6.45) is 13.7. The van der Waals surface area contributed by atoms with E-state index in [0.717, 1.165) is 49.7 Å². The van der Waals surface area contributed by atoms with E-state index in [2.05, 4.69) is 19.9 Å². The van der Waals surface area contributed by atoms with E-state index >= 15 is 0 Å². The average molecular weight is 469 g/mol. The predicted molar refractivity (Wildman–Crippen MR) is 130 cm³/mol. The fourth-order valence-electron chi connectivity index (χ4n) is 7.62. The maximum absolute atomic E-state index is 13.3. The smallest absolute Gasteiger partial charge is 0.196 e. The SMILES string of the molecule is C[C@]12CC[C@H]3[C@@H](CCC4=C(Cl)C(=O)C=C[C@@]43C)[C@@H]1CC[C@@H]2C(=O)/C=C/c1ccc(Cl)cc1. The maximum Gasteiger partial charge on any atom is 0.196 e.